The maximum absolute atomic E-state index is 11.7. The average Bonchev–Trinajstić information content (AvgIpc) is 2.74. The van der Waals surface area contributed by atoms with Gasteiger partial charge in [-0.15, -0.1) is 0 Å². The zero-order valence-corrected chi connectivity index (χ0v) is 10.0. The Balaban J connectivity index is 2.10. The van der Waals surface area contributed by atoms with E-state index < -0.39 is 0 Å². The molecule has 6 nitrogen and oxygen atoms in total. The van der Waals surface area contributed by atoms with E-state index >= 15 is 0 Å². The Morgan fingerprint density at radius 1 is 1.33 bits per heavy atom. The van der Waals surface area contributed by atoms with E-state index in [0.29, 0.717) is 23.2 Å². The van der Waals surface area contributed by atoms with Crippen LogP contribution in [0.5, 0.6) is 0 Å². The number of aromatic nitrogens is 2. The van der Waals surface area contributed by atoms with Crippen LogP contribution in [-0.2, 0) is 0 Å². The highest BCUT2D eigenvalue weighted by Gasteiger charge is 2.24. The van der Waals surface area contributed by atoms with Gasteiger partial charge in [-0.1, -0.05) is 11.6 Å². The fraction of sp³-hybridized carbons (Fsp3) is 0.0909. The standard InChI is InChI=1S/C11H10ClN5O/c12-6-1-3-7(4-2-6)17-5-14-8-9(17)15-11(13)16-10(8)18/h1-4,14H,5H2,(H3,13,15,16,18). The van der Waals surface area contributed by atoms with Crippen LogP contribution < -0.4 is 21.5 Å². The summed E-state index contributed by atoms with van der Waals surface area (Å²) in [6.07, 6.45) is 0. The molecule has 2 aromatic rings. The van der Waals surface area contributed by atoms with Crippen LogP contribution in [0.25, 0.3) is 0 Å². The fourth-order valence-corrected chi connectivity index (χ4v) is 2.03. The quantitative estimate of drug-likeness (QED) is 0.726. The molecule has 1 aromatic carbocycles. The van der Waals surface area contributed by atoms with Crippen LogP contribution in [0.3, 0.4) is 0 Å². The highest BCUT2D eigenvalue weighted by atomic mass is 35.5. The number of hydrogen-bond acceptors (Lipinski definition) is 5. The number of benzene rings is 1. The molecule has 0 atom stereocenters. The maximum atomic E-state index is 11.7. The summed E-state index contributed by atoms with van der Waals surface area (Å²) in [5, 5.41) is 3.65. The Labute approximate surface area is 107 Å². The molecule has 0 radical (unpaired) electrons. The Morgan fingerprint density at radius 2 is 2.06 bits per heavy atom. The molecule has 0 aliphatic carbocycles. The van der Waals surface area contributed by atoms with Crippen molar-refractivity contribution in [3.8, 4) is 0 Å². The highest BCUT2D eigenvalue weighted by molar-refractivity contribution is 6.30. The van der Waals surface area contributed by atoms with Gasteiger partial charge < -0.3 is 16.0 Å². The van der Waals surface area contributed by atoms with Crippen molar-refractivity contribution < 1.29 is 0 Å². The third kappa shape index (κ3) is 1.67. The zero-order valence-electron chi connectivity index (χ0n) is 9.27. The van der Waals surface area contributed by atoms with Crippen molar-refractivity contribution in [1.82, 2.24) is 9.97 Å². The summed E-state index contributed by atoms with van der Waals surface area (Å²) in [4.78, 5) is 20.1. The lowest BCUT2D eigenvalue weighted by Crippen LogP contribution is -2.17. The third-order valence-electron chi connectivity index (χ3n) is 2.73. The molecule has 0 spiro atoms. The van der Waals surface area contributed by atoms with Gasteiger partial charge in [-0.3, -0.25) is 9.78 Å². The minimum Gasteiger partial charge on any atom is -0.369 e. The van der Waals surface area contributed by atoms with Crippen LogP contribution in [0, 0.1) is 0 Å². The van der Waals surface area contributed by atoms with Gasteiger partial charge in [0.1, 0.15) is 5.69 Å². The van der Waals surface area contributed by atoms with Gasteiger partial charge in [-0.05, 0) is 24.3 Å². The number of nitrogens with one attached hydrogen (secondary N) is 2. The molecule has 92 valence electrons. The number of fused-ring (bicyclic) bond motifs is 1. The van der Waals surface area contributed by atoms with E-state index in [1.165, 1.54) is 0 Å². The predicted octanol–water partition coefficient (Wildman–Crippen LogP) is 1.53. The summed E-state index contributed by atoms with van der Waals surface area (Å²) in [5.41, 5.74) is 6.61. The number of hydrogen-bond donors (Lipinski definition) is 3. The SMILES string of the molecule is Nc1nc2c(c(=O)[nH]1)NCN2c1ccc(Cl)cc1. The second kappa shape index (κ2) is 3.92. The van der Waals surface area contributed by atoms with Gasteiger partial charge in [0.05, 0.1) is 6.67 Å². The molecule has 0 amide bonds. The van der Waals surface area contributed by atoms with Crippen molar-refractivity contribution in [2.75, 3.05) is 22.6 Å². The van der Waals surface area contributed by atoms with E-state index in [9.17, 15) is 4.79 Å². The van der Waals surface area contributed by atoms with Gasteiger partial charge in [0.2, 0.25) is 5.95 Å². The van der Waals surface area contributed by atoms with Crippen LogP contribution >= 0.6 is 11.6 Å². The van der Waals surface area contributed by atoms with Gasteiger partial charge >= 0.3 is 0 Å². The minimum absolute atomic E-state index is 0.0985. The zero-order chi connectivity index (χ0) is 12.7. The van der Waals surface area contributed by atoms with Crippen LogP contribution in [0.2, 0.25) is 5.02 Å². The number of aromatic amines is 1. The summed E-state index contributed by atoms with van der Waals surface area (Å²) < 4.78 is 0. The second-order valence-corrected chi connectivity index (χ2v) is 4.33. The molecule has 18 heavy (non-hydrogen) atoms. The number of rotatable bonds is 1. The topological polar surface area (TPSA) is 87.0 Å². The lowest BCUT2D eigenvalue weighted by Gasteiger charge is -2.16. The summed E-state index contributed by atoms with van der Waals surface area (Å²) in [6.45, 7) is 0.469. The molecule has 7 heteroatoms. The molecular formula is C11H10ClN5O. The van der Waals surface area contributed by atoms with Crippen LogP contribution in [-0.4, -0.2) is 16.6 Å². The van der Waals surface area contributed by atoms with E-state index in [2.05, 4.69) is 15.3 Å². The summed E-state index contributed by atoms with van der Waals surface area (Å²) in [7, 11) is 0. The van der Waals surface area contributed by atoms with E-state index in [0.717, 1.165) is 5.69 Å². The lowest BCUT2D eigenvalue weighted by atomic mass is 10.3. The Kier molecular flexibility index (Phi) is 2.38. The fourth-order valence-electron chi connectivity index (χ4n) is 1.90. The largest absolute Gasteiger partial charge is 0.369 e. The first kappa shape index (κ1) is 10.9. The number of nitrogen functional groups attached to an aromatic ring is 1. The van der Waals surface area contributed by atoms with Crippen molar-refractivity contribution in [2.45, 2.75) is 0 Å². The highest BCUT2D eigenvalue weighted by Crippen LogP contribution is 2.33. The first-order chi connectivity index (χ1) is 8.65. The normalized spacial score (nSPS) is 13.3. The first-order valence-electron chi connectivity index (χ1n) is 5.32. The molecule has 0 saturated heterocycles. The molecule has 1 aromatic heterocycles. The van der Waals surface area contributed by atoms with Gasteiger partial charge in [0.25, 0.3) is 5.56 Å². The number of anilines is 4. The van der Waals surface area contributed by atoms with Crippen LogP contribution in [0.15, 0.2) is 29.1 Å². The van der Waals surface area contributed by atoms with Crippen molar-refractivity contribution in [1.29, 1.82) is 0 Å². The molecule has 1 aliphatic heterocycles. The maximum Gasteiger partial charge on any atom is 0.277 e. The van der Waals surface area contributed by atoms with Crippen molar-refractivity contribution in [2.24, 2.45) is 0 Å². The number of halogens is 1. The summed E-state index contributed by atoms with van der Waals surface area (Å²) in [5.74, 6) is 0.625. The second-order valence-electron chi connectivity index (χ2n) is 3.89. The minimum atomic E-state index is -0.269. The van der Waals surface area contributed by atoms with Gasteiger partial charge in [0.15, 0.2) is 5.82 Å². The monoisotopic (exact) mass is 263 g/mol. The molecule has 3 rings (SSSR count). The molecule has 1 aliphatic rings. The van der Waals surface area contributed by atoms with E-state index in [4.69, 9.17) is 17.3 Å². The molecule has 0 unspecified atom stereocenters. The number of H-pyrrole nitrogens is 1. The molecular weight excluding hydrogens is 254 g/mol. The van der Waals surface area contributed by atoms with Crippen LogP contribution in [0.1, 0.15) is 0 Å². The number of nitrogens with two attached hydrogens (primary N) is 1. The summed E-state index contributed by atoms with van der Waals surface area (Å²) >= 11 is 5.84. The third-order valence-corrected chi connectivity index (χ3v) is 2.98. The van der Waals surface area contributed by atoms with E-state index in [-0.39, 0.29) is 11.5 Å². The first-order valence-corrected chi connectivity index (χ1v) is 5.70. The van der Waals surface area contributed by atoms with Crippen LogP contribution in [0.4, 0.5) is 23.1 Å². The molecule has 0 fully saturated rings. The summed E-state index contributed by atoms with van der Waals surface area (Å²) in [6, 6.07) is 7.28. The Bertz CT molecular complexity index is 651. The predicted molar refractivity (Wildman–Crippen MR) is 71.4 cm³/mol. The molecule has 2 heterocycles. The van der Waals surface area contributed by atoms with E-state index in [1.807, 2.05) is 17.0 Å². The smallest absolute Gasteiger partial charge is 0.277 e. The lowest BCUT2D eigenvalue weighted by molar-refractivity contribution is 1.06. The van der Waals surface area contributed by atoms with Crippen molar-refractivity contribution in [3.63, 3.8) is 0 Å². The average molecular weight is 264 g/mol. The van der Waals surface area contributed by atoms with Gasteiger partial charge in [-0.2, -0.15) is 4.98 Å². The number of nitrogens with zero attached hydrogens (tertiary/aromatic N) is 2. The molecule has 4 N–H and O–H groups in total. The van der Waals surface area contributed by atoms with Gasteiger partial charge in [0, 0.05) is 10.7 Å². The Morgan fingerprint density at radius 3 is 2.78 bits per heavy atom. The van der Waals surface area contributed by atoms with Crippen molar-refractivity contribution in [3.05, 3.63) is 39.6 Å². The molecule has 0 bridgehead atoms. The Hall–Kier alpha value is -2.21. The van der Waals surface area contributed by atoms with Crippen molar-refractivity contribution >= 4 is 34.7 Å². The molecule has 0 saturated carbocycles. The van der Waals surface area contributed by atoms with Gasteiger partial charge in [-0.25, -0.2) is 0 Å². The van der Waals surface area contributed by atoms with E-state index in [1.54, 1.807) is 12.1 Å².